The molecule has 0 unspecified atom stereocenters. The van der Waals surface area contributed by atoms with E-state index in [-0.39, 0.29) is 5.91 Å². The van der Waals surface area contributed by atoms with Gasteiger partial charge in [-0.05, 0) is 53.1 Å². The minimum atomic E-state index is -0.389. The Labute approximate surface area is 209 Å². The molecule has 0 spiro atoms. The van der Waals surface area contributed by atoms with Crippen molar-refractivity contribution in [3.05, 3.63) is 100 Å². The van der Waals surface area contributed by atoms with E-state index in [4.69, 9.17) is 25.8 Å². The Bertz CT molecular complexity index is 1380. The summed E-state index contributed by atoms with van der Waals surface area (Å²) in [7, 11) is 3.07. The van der Waals surface area contributed by atoms with Crippen molar-refractivity contribution in [3.63, 3.8) is 0 Å². The summed E-state index contributed by atoms with van der Waals surface area (Å²) in [5.41, 5.74) is 5.77. The third kappa shape index (κ3) is 5.73. The van der Waals surface area contributed by atoms with Crippen LogP contribution in [0.15, 0.2) is 77.9 Å². The smallest absolute Gasteiger partial charge is 0.275 e. The lowest BCUT2D eigenvalue weighted by atomic mass is 10.1. The van der Waals surface area contributed by atoms with Crippen LogP contribution in [-0.2, 0) is 6.61 Å². The molecule has 0 aliphatic carbocycles. The van der Waals surface area contributed by atoms with Crippen LogP contribution in [0.2, 0.25) is 5.02 Å². The van der Waals surface area contributed by atoms with Crippen molar-refractivity contribution >= 4 is 34.5 Å². The first-order valence-electron chi connectivity index (χ1n) is 10.9. The molecule has 0 saturated carbocycles. The standard InChI is InChI=1S/C28H25ClN2O4/c1-18-8-10-19(11-9-18)17-35-27-24(29)12-20(13-26(27)34-3)16-30-31-28(32)23-14-21-6-4-5-7-22(21)15-25(23)33-2/h4-16H,17H2,1-3H3,(H,31,32)/b30-16-. The Morgan fingerprint density at radius 3 is 2.31 bits per heavy atom. The highest BCUT2D eigenvalue weighted by molar-refractivity contribution is 6.32. The molecule has 178 valence electrons. The van der Waals surface area contributed by atoms with Crippen LogP contribution in [-0.4, -0.2) is 26.3 Å². The predicted molar refractivity (Wildman–Crippen MR) is 139 cm³/mol. The summed E-state index contributed by atoms with van der Waals surface area (Å²) in [6, 6.07) is 22.8. The van der Waals surface area contributed by atoms with E-state index in [1.807, 2.05) is 61.5 Å². The zero-order valence-electron chi connectivity index (χ0n) is 19.7. The molecule has 0 radical (unpaired) electrons. The molecule has 0 atom stereocenters. The molecule has 7 heteroatoms. The number of aryl methyl sites for hydroxylation is 1. The summed E-state index contributed by atoms with van der Waals surface area (Å²) < 4.78 is 16.8. The maximum absolute atomic E-state index is 12.8. The van der Waals surface area contributed by atoms with Crippen molar-refractivity contribution in [1.82, 2.24) is 5.43 Å². The molecule has 0 heterocycles. The molecule has 1 N–H and O–H groups in total. The van der Waals surface area contributed by atoms with Gasteiger partial charge in [0, 0.05) is 0 Å². The molecule has 1 amide bonds. The minimum absolute atomic E-state index is 0.355. The summed E-state index contributed by atoms with van der Waals surface area (Å²) in [4.78, 5) is 12.8. The number of nitrogens with one attached hydrogen (secondary N) is 1. The average molecular weight is 489 g/mol. The lowest BCUT2D eigenvalue weighted by molar-refractivity contribution is 0.0952. The maximum atomic E-state index is 12.8. The fourth-order valence-corrected chi connectivity index (χ4v) is 3.86. The quantitative estimate of drug-likeness (QED) is 0.238. The molecule has 4 aromatic carbocycles. The third-order valence-corrected chi connectivity index (χ3v) is 5.73. The van der Waals surface area contributed by atoms with Crippen molar-refractivity contribution in [2.24, 2.45) is 5.10 Å². The molecule has 0 aliphatic rings. The molecule has 0 aromatic heterocycles. The highest BCUT2D eigenvalue weighted by Gasteiger charge is 2.14. The molecule has 0 saturated heterocycles. The van der Waals surface area contributed by atoms with Crippen LogP contribution >= 0.6 is 11.6 Å². The zero-order chi connectivity index (χ0) is 24.8. The van der Waals surface area contributed by atoms with Crippen molar-refractivity contribution in [1.29, 1.82) is 0 Å². The van der Waals surface area contributed by atoms with Gasteiger partial charge < -0.3 is 14.2 Å². The van der Waals surface area contributed by atoms with Crippen LogP contribution in [0, 0.1) is 6.92 Å². The largest absolute Gasteiger partial charge is 0.496 e. The van der Waals surface area contributed by atoms with Crippen molar-refractivity contribution in [2.45, 2.75) is 13.5 Å². The monoisotopic (exact) mass is 488 g/mol. The van der Waals surface area contributed by atoms with E-state index in [1.54, 1.807) is 25.3 Å². The van der Waals surface area contributed by atoms with Gasteiger partial charge in [0.15, 0.2) is 11.5 Å². The van der Waals surface area contributed by atoms with Gasteiger partial charge in [0.2, 0.25) is 0 Å². The Kier molecular flexibility index (Phi) is 7.53. The first-order chi connectivity index (χ1) is 17.0. The average Bonchev–Trinajstić information content (AvgIpc) is 2.87. The predicted octanol–water partition coefficient (Wildman–Crippen LogP) is 6.16. The summed E-state index contributed by atoms with van der Waals surface area (Å²) in [6.45, 7) is 2.39. The number of methoxy groups -OCH3 is 2. The van der Waals surface area contributed by atoms with Gasteiger partial charge in [-0.25, -0.2) is 5.43 Å². The number of rotatable bonds is 8. The molecule has 4 rings (SSSR count). The van der Waals surface area contributed by atoms with Gasteiger partial charge in [0.25, 0.3) is 5.91 Å². The molecule has 6 nitrogen and oxygen atoms in total. The second-order valence-corrected chi connectivity index (χ2v) is 8.31. The summed E-state index contributed by atoms with van der Waals surface area (Å²) in [6.07, 6.45) is 1.49. The van der Waals surface area contributed by atoms with Crippen LogP contribution in [0.1, 0.15) is 27.0 Å². The van der Waals surface area contributed by atoms with Crippen LogP contribution in [0.3, 0.4) is 0 Å². The molecule has 4 aromatic rings. The van der Waals surface area contributed by atoms with Crippen LogP contribution in [0.4, 0.5) is 0 Å². The van der Waals surface area contributed by atoms with Crippen molar-refractivity contribution in [3.8, 4) is 17.2 Å². The SMILES string of the molecule is COc1cc2ccccc2cc1C(=O)N/N=C\c1cc(Cl)c(OCc2ccc(C)cc2)c(OC)c1. The molecule has 0 bridgehead atoms. The fraction of sp³-hybridized carbons (Fsp3) is 0.143. The number of fused-ring (bicyclic) bond motifs is 1. The van der Waals surface area contributed by atoms with Gasteiger partial charge in [-0.2, -0.15) is 5.10 Å². The van der Waals surface area contributed by atoms with Crippen LogP contribution in [0.5, 0.6) is 17.2 Å². The third-order valence-electron chi connectivity index (χ3n) is 5.45. The number of halogens is 1. The number of benzene rings is 4. The van der Waals surface area contributed by atoms with E-state index >= 15 is 0 Å². The van der Waals surface area contributed by atoms with Gasteiger partial charge in [0.05, 0.1) is 31.0 Å². The lowest BCUT2D eigenvalue weighted by Gasteiger charge is -2.13. The number of hydrogen-bond donors (Lipinski definition) is 1. The first-order valence-corrected chi connectivity index (χ1v) is 11.3. The minimum Gasteiger partial charge on any atom is -0.496 e. The number of carbonyl (C=O) groups excluding carboxylic acids is 1. The molecule has 35 heavy (non-hydrogen) atoms. The molecule has 0 fully saturated rings. The topological polar surface area (TPSA) is 69.2 Å². The van der Waals surface area contributed by atoms with Gasteiger partial charge >= 0.3 is 0 Å². The molecular formula is C28H25ClN2O4. The van der Waals surface area contributed by atoms with E-state index in [0.717, 1.165) is 16.3 Å². The van der Waals surface area contributed by atoms with E-state index in [9.17, 15) is 4.79 Å². The number of ether oxygens (including phenoxy) is 3. The first kappa shape index (κ1) is 24.1. The van der Waals surface area contributed by atoms with E-state index < -0.39 is 0 Å². The van der Waals surface area contributed by atoms with Crippen LogP contribution in [0.25, 0.3) is 10.8 Å². The normalized spacial score (nSPS) is 11.0. The number of amides is 1. The Morgan fingerprint density at radius 1 is 0.943 bits per heavy atom. The van der Waals surface area contributed by atoms with Crippen molar-refractivity contribution in [2.75, 3.05) is 14.2 Å². The Morgan fingerprint density at radius 2 is 1.63 bits per heavy atom. The molecule has 0 aliphatic heterocycles. The lowest BCUT2D eigenvalue weighted by Crippen LogP contribution is -2.18. The van der Waals surface area contributed by atoms with E-state index in [1.165, 1.54) is 18.9 Å². The molecular weight excluding hydrogens is 464 g/mol. The summed E-state index contributed by atoms with van der Waals surface area (Å²) in [5, 5.41) is 6.37. The second kappa shape index (κ2) is 10.9. The van der Waals surface area contributed by atoms with E-state index in [0.29, 0.717) is 40.0 Å². The van der Waals surface area contributed by atoms with Gasteiger partial charge in [-0.3, -0.25) is 4.79 Å². The fourth-order valence-electron chi connectivity index (χ4n) is 3.59. The maximum Gasteiger partial charge on any atom is 0.275 e. The summed E-state index contributed by atoms with van der Waals surface area (Å²) in [5.74, 6) is 0.988. The van der Waals surface area contributed by atoms with Gasteiger partial charge in [-0.15, -0.1) is 0 Å². The Balaban J connectivity index is 1.48. The van der Waals surface area contributed by atoms with Crippen LogP contribution < -0.4 is 19.6 Å². The number of hydrazone groups is 1. The summed E-state index contributed by atoms with van der Waals surface area (Å²) >= 11 is 6.47. The van der Waals surface area contributed by atoms with E-state index in [2.05, 4.69) is 10.5 Å². The second-order valence-electron chi connectivity index (χ2n) is 7.91. The number of hydrogen-bond acceptors (Lipinski definition) is 5. The number of nitrogens with zero attached hydrogens (tertiary/aromatic N) is 1. The van der Waals surface area contributed by atoms with Crippen molar-refractivity contribution < 1.29 is 19.0 Å². The number of carbonyl (C=O) groups is 1. The van der Waals surface area contributed by atoms with Gasteiger partial charge in [-0.1, -0.05) is 65.7 Å². The van der Waals surface area contributed by atoms with Gasteiger partial charge in [0.1, 0.15) is 12.4 Å². The highest BCUT2D eigenvalue weighted by Crippen LogP contribution is 2.36. The highest BCUT2D eigenvalue weighted by atomic mass is 35.5. The Hall–Kier alpha value is -4.03. The zero-order valence-corrected chi connectivity index (χ0v) is 20.4.